The van der Waals surface area contributed by atoms with E-state index in [4.69, 9.17) is 0 Å². The van der Waals surface area contributed by atoms with Crippen molar-refractivity contribution < 1.29 is 17.6 Å². The zero-order valence-electron chi connectivity index (χ0n) is 6.11. The highest BCUT2D eigenvalue weighted by atomic mass is 19.4. The molecule has 0 saturated carbocycles. The third kappa shape index (κ3) is 1.72. The number of nitrogens with zero attached hydrogens (tertiary/aromatic N) is 1. The maximum absolute atomic E-state index is 12.5. The van der Waals surface area contributed by atoms with Crippen LogP contribution in [0.1, 0.15) is 11.3 Å². The molecule has 12 heavy (non-hydrogen) atoms. The average molecular weight is 179 g/mol. The Labute approximate surface area is 66.0 Å². The summed E-state index contributed by atoms with van der Waals surface area (Å²) in [5.41, 5.74) is -1.10. The molecule has 0 amide bonds. The topological polar surface area (TPSA) is 12.9 Å². The molecule has 0 unspecified atom stereocenters. The molecule has 0 fully saturated rings. The van der Waals surface area contributed by atoms with Gasteiger partial charge in [-0.15, -0.1) is 0 Å². The number of aryl methyl sites for hydroxylation is 1. The summed E-state index contributed by atoms with van der Waals surface area (Å²) in [5.74, 6) is -0.940. The van der Waals surface area contributed by atoms with E-state index in [2.05, 4.69) is 4.98 Å². The highest BCUT2D eigenvalue weighted by Crippen LogP contribution is 2.29. The highest BCUT2D eigenvalue weighted by molar-refractivity contribution is 5.17. The summed E-state index contributed by atoms with van der Waals surface area (Å²) in [5, 5.41) is 0. The molecule has 0 aliphatic carbocycles. The molecule has 1 nitrogen and oxygen atoms in total. The van der Waals surface area contributed by atoms with Crippen molar-refractivity contribution in [2.45, 2.75) is 13.1 Å². The Bertz CT molecular complexity index is 292. The van der Waals surface area contributed by atoms with Gasteiger partial charge in [0.2, 0.25) is 0 Å². The predicted octanol–water partition coefficient (Wildman–Crippen LogP) is 2.55. The van der Waals surface area contributed by atoms with E-state index in [1.54, 1.807) is 0 Å². The average Bonchev–Trinajstić information content (AvgIpc) is 1.92. The van der Waals surface area contributed by atoms with Crippen LogP contribution in [0.25, 0.3) is 0 Å². The number of pyridine rings is 1. The van der Waals surface area contributed by atoms with Gasteiger partial charge in [-0.2, -0.15) is 13.2 Å². The van der Waals surface area contributed by atoms with Gasteiger partial charge in [-0.25, -0.2) is 4.39 Å². The molecule has 0 spiro atoms. The lowest BCUT2D eigenvalue weighted by molar-refractivity contribution is -0.138. The van der Waals surface area contributed by atoms with Gasteiger partial charge in [0.05, 0.1) is 11.3 Å². The van der Waals surface area contributed by atoms with Crippen LogP contribution in [0.4, 0.5) is 17.6 Å². The summed E-state index contributed by atoms with van der Waals surface area (Å²) in [4.78, 5) is 3.25. The Morgan fingerprint density at radius 2 is 1.92 bits per heavy atom. The van der Waals surface area contributed by atoms with Gasteiger partial charge >= 0.3 is 6.18 Å². The molecule has 0 bridgehead atoms. The molecule has 1 rings (SSSR count). The van der Waals surface area contributed by atoms with Crippen LogP contribution in [-0.2, 0) is 6.18 Å². The van der Waals surface area contributed by atoms with Crippen LogP contribution in [-0.4, -0.2) is 4.98 Å². The monoisotopic (exact) mass is 179 g/mol. The predicted molar refractivity (Wildman–Crippen MR) is 33.9 cm³/mol. The minimum Gasteiger partial charge on any atom is -0.258 e. The zero-order chi connectivity index (χ0) is 9.35. The summed E-state index contributed by atoms with van der Waals surface area (Å²) < 4.78 is 48.2. The lowest BCUT2D eigenvalue weighted by Gasteiger charge is -2.05. The minimum absolute atomic E-state index is 0.0389. The van der Waals surface area contributed by atoms with Crippen LogP contribution < -0.4 is 0 Å². The fourth-order valence-electron chi connectivity index (χ4n) is 0.661. The normalized spacial score (nSPS) is 11.8. The molecule has 0 atom stereocenters. The third-order valence-electron chi connectivity index (χ3n) is 1.35. The number of alkyl halides is 3. The van der Waals surface area contributed by atoms with Crippen molar-refractivity contribution in [1.29, 1.82) is 0 Å². The van der Waals surface area contributed by atoms with E-state index in [9.17, 15) is 17.6 Å². The van der Waals surface area contributed by atoms with Gasteiger partial charge in [0, 0.05) is 6.20 Å². The van der Waals surface area contributed by atoms with E-state index in [1.165, 1.54) is 6.92 Å². The van der Waals surface area contributed by atoms with E-state index in [0.717, 1.165) is 0 Å². The summed E-state index contributed by atoms with van der Waals surface area (Å²) in [7, 11) is 0. The van der Waals surface area contributed by atoms with Crippen molar-refractivity contribution in [3.05, 3.63) is 29.3 Å². The molecular weight excluding hydrogens is 174 g/mol. The second-order valence-corrected chi connectivity index (χ2v) is 2.29. The van der Waals surface area contributed by atoms with Crippen molar-refractivity contribution >= 4 is 0 Å². The summed E-state index contributed by atoms with van der Waals surface area (Å²) >= 11 is 0. The van der Waals surface area contributed by atoms with Crippen LogP contribution in [0.2, 0.25) is 0 Å². The molecule has 0 aromatic carbocycles. The molecule has 1 heterocycles. The lowest BCUT2D eigenvalue weighted by Crippen LogP contribution is -2.06. The van der Waals surface area contributed by atoms with Gasteiger partial charge in [0.1, 0.15) is 5.82 Å². The SMILES string of the molecule is Cc1ncc(C(F)(F)F)cc1F. The molecule has 0 N–H and O–H groups in total. The minimum atomic E-state index is -4.53. The quantitative estimate of drug-likeness (QED) is 0.557. The molecule has 0 aliphatic heterocycles. The van der Waals surface area contributed by atoms with Gasteiger partial charge in [-0.1, -0.05) is 0 Å². The first-order chi connectivity index (χ1) is 5.41. The van der Waals surface area contributed by atoms with Crippen molar-refractivity contribution in [1.82, 2.24) is 4.98 Å². The number of hydrogen-bond donors (Lipinski definition) is 0. The van der Waals surface area contributed by atoms with Crippen molar-refractivity contribution in [3.63, 3.8) is 0 Å². The van der Waals surface area contributed by atoms with E-state index in [0.29, 0.717) is 12.3 Å². The fraction of sp³-hybridized carbons (Fsp3) is 0.286. The first-order valence-corrected chi connectivity index (χ1v) is 3.10. The van der Waals surface area contributed by atoms with Gasteiger partial charge < -0.3 is 0 Å². The Morgan fingerprint density at radius 3 is 2.33 bits per heavy atom. The van der Waals surface area contributed by atoms with Crippen LogP contribution >= 0.6 is 0 Å². The molecular formula is C7H5F4N. The van der Waals surface area contributed by atoms with Gasteiger partial charge in [-0.3, -0.25) is 4.98 Å². The van der Waals surface area contributed by atoms with Crippen LogP contribution in [0.5, 0.6) is 0 Å². The van der Waals surface area contributed by atoms with E-state index in [1.807, 2.05) is 0 Å². The highest BCUT2D eigenvalue weighted by Gasteiger charge is 2.31. The summed E-state index contributed by atoms with van der Waals surface area (Å²) in [6.45, 7) is 1.30. The van der Waals surface area contributed by atoms with E-state index < -0.39 is 17.6 Å². The molecule has 66 valence electrons. The van der Waals surface area contributed by atoms with Crippen LogP contribution in [0.15, 0.2) is 12.3 Å². The maximum atomic E-state index is 12.5. The molecule has 0 radical (unpaired) electrons. The van der Waals surface area contributed by atoms with Crippen molar-refractivity contribution in [2.75, 3.05) is 0 Å². The Morgan fingerprint density at radius 1 is 1.33 bits per heavy atom. The second kappa shape index (κ2) is 2.73. The number of halogens is 4. The number of hydrogen-bond acceptors (Lipinski definition) is 1. The zero-order valence-corrected chi connectivity index (χ0v) is 6.11. The van der Waals surface area contributed by atoms with Gasteiger partial charge in [-0.05, 0) is 13.0 Å². The summed E-state index contributed by atoms with van der Waals surface area (Å²) in [6, 6.07) is 0.433. The Kier molecular flexibility index (Phi) is 2.04. The first-order valence-electron chi connectivity index (χ1n) is 3.10. The lowest BCUT2D eigenvalue weighted by atomic mass is 10.2. The van der Waals surface area contributed by atoms with Crippen LogP contribution in [0.3, 0.4) is 0 Å². The molecule has 0 aliphatic rings. The maximum Gasteiger partial charge on any atom is 0.417 e. The van der Waals surface area contributed by atoms with Crippen LogP contribution in [0, 0.1) is 12.7 Å². The van der Waals surface area contributed by atoms with E-state index >= 15 is 0 Å². The first kappa shape index (κ1) is 8.96. The summed E-state index contributed by atoms with van der Waals surface area (Å²) in [6.07, 6.45) is -3.92. The third-order valence-corrected chi connectivity index (χ3v) is 1.35. The number of rotatable bonds is 0. The molecule has 1 aromatic rings. The van der Waals surface area contributed by atoms with E-state index in [-0.39, 0.29) is 5.69 Å². The van der Waals surface area contributed by atoms with Gasteiger partial charge in [0.15, 0.2) is 0 Å². The number of aromatic nitrogens is 1. The smallest absolute Gasteiger partial charge is 0.258 e. The second-order valence-electron chi connectivity index (χ2n) is 2.29. The standard InChI is InChI=1S/C7H5F4N/c1-4-6(8)2-5(3-12-4)7(9,10)11/h2-3H,1H3. The molecule has 0 saturated heterocycles. The largest absolute Gasteiger partial charge is 0.417 e. The molecule has 5 heteroatoms. The molecule has 1 aromatic heterocycles. The fourth-order valence-corrected chi connectivity index (χ4v) is 0.661. The van der Waals surface area contributed by atoms with Crippen molar-refractivity contribution in [3.8, 4) is 0 Å². The van der Waals surface area contributed by atoms with Gasteiger partial charge in [0.25, 0.3) is 0 Å². The Balaban J connectivity index is 3.14. The Hall–Kier alpha value is -1.13. The van der Waals surface area contributed by atoms with Crippen molar-refractivity contribution in [2.24, 2.45) is 0 Å².